The van der Waals surface area contributed by atoms with Gasteiger partial charge in [-0.05, 0) is 29.8 Å². The lowest BCUT2D eigenvalue weighted by Crippen LogP contribution is -2.45. The fraction of sp³-hybridized carbons (Fsp3) is 0.333. The number of alkyl halides is 3. The Bertz CT molecular complexity index is 722. The molecule has 3 rings (SSSR count). The number of nitrogens with one attached hydrogen (secondary N) is 1. The average molecular weight is 372 g/mol. The molecule has 0 spiro atoms. The standard InChI is InChI=1S/C18H17F5N2O/c19-14-2-1-3-15(20)16(14)17(25-10-8-24-9-11-25)12-4-6-13(7-5-12)26-18(21,22)23/h1-7,17,24H,8-11H2/t17-/m0/s1. The molecule has 1 N–H and O–H groups in total. The highest BCUT2D eigenvalue weighted by Gasteiger charge is 2.32. The van der Waals surface area contributed by atoms with Crippen molar-refractivity contribution in [3.63, 3.8) is 0 Å². The van der Waals surface area contributed by atoms with Crippen molar-refractivity contribution in [3.05, 3.63) is 65.2 Å². The van der Waals surface area contributed by atoms with Gasteiger partial charge in [-0.1, -0.05) is 18.2 Å². The number of ether oxygens (including phenoxy) is 1. The van der Waals surface area contributed by atoms with Crippen LogP contribution in [0.15, 0.2) is 42.5 Å². The maximum atomic E-state index is 14.4. The van der Waals surface area contributed by atoms with Crippen LogP contribution >= 0.6 is 0 Å². The number of rotatable bonds is 4. The molecule has 1 saturated heterocycles. The molecule has 0 saturated carbocycles. The van der Waals surface area contributed by atoms with E-state index in [1.807, 2.05) is 4.90 Å². The molecule has 0 unspecified atom stereocenters. The SMILES string of the molecule is Fc1cccc(F)c1[C@H](c1ccc(OC(F)(F)F)cc1)N1CCNCC1. The third-order valence-corrected chi connectivity index (χ3v) is 4.22. The Morgan fingerprint density at radius 2 is 1.50 bits per heavy atom. The van der Waals surface area contributed by atoms with Gasteiger partial charge in [-0.25, -0.2) is 8.78 Å². The summed E-state index contributed by atoms with van der Waals surface area (Å²) in [6.45, 7) is 2.42. The molecular formula is C18H17F5N2O. The fourth-order valence-corrected chi connectivity index (χ4v) is 3.12. The van der Waals surface area contributed by atoms with Crippen LogP contribution in [0.25, 0.3) is 0 Å². The van der Waals surface area contributed by atoms with Gasteiger partial charge in [0.2, 0.25) is 0 Å². The second-order valence-electron chi connectivity index (χ2n) is 5.94. The Balaban J connectivity index is 1.98. The Labute approximate surface area is 147 Å². The second kappa shape index (κ2) is 7.59. The van der Waals surface area contributed by atoms with Gasteiger partial charge in [-0.2, -0.15) is 0 Å². The summed E-state index contributed by atoms with van der Waals surface area (Å²) in [7, 11) is 0. The number of nitrogens with zero attached hydrogens (tertiary/aromatic N) is 1. The Morgan fingerprint density at radius 3 is 2.04 bits per heavy atom. The van der Waals surface area contributed by atoms with E-state index in [-0.39, 0.29) is 11.3 Å². The first kappa shape index (κ1) is 18.6. The topological polar surface area (TPSA) is 24.5 Å². The predicted molar refractivity (Wildman–Crippen MR) is 85.8 cm³/mol. The second-order valence-corrected chi connectivity index (χ2v) is 5.94. The van der Waals surface area contributed by atoms with Gasteiger partial charge in [0.25, 0.3) is 0 Å². The van der Waals surface area contributed by atoms with Crippen molar-refractivity contribution in [1.82, 2.24) is 10.2 Å². The molecule has 2 aromatic rings. The van der Waals surface area contributed by atoms with E-state index in [0.29, 0.717) is 31.7 Å². The Kier molecular flexibility index (Phi) is 5.43. The van der Waals surface area contributed by atoms with E-state index >= 15 is 0 Å². The zero-order chi connectivity index (χ0) is 18.7. The largest absolute Gasteiger partial charge is 0.573 e. The van der Waals surface area contributed by atoms with Crippen molar-refractivity contribution < 1.29 is 26.7 Å². The van der Waals surface area contributed by atoms with Gasteiger partial charge in [-0.15, -0.1) is 13.2 Å². The van der Waals surface area contributed by atoms with Crippen molar-refractivity contribution >= 4 is 0 Å². The summed E-state index contributed by atoms with van der Waals surface area (Å²) >= 11 is 0. The summed E-state index contributed by atoms with van der Waals surface area (Å²) in [5.74, 6) is -1.76. The summed E-state index contributed by atoms with van der Waals surface area (Å²) in [5.41, 5.74) is 0.379. The summed E-state index contributed by atoms with van der Waals surface area (Å²) in [6.07, 6.45) is -4.79. The van der Waals surface area contributed by atoms with E-state index in [4.69, 9.17) is 0 Å². The average Bonchev–Trinajstić information content (AvgIpc) is 2.59. The molecular weight excluding hydrogens is 355 g/mol. The van der Waals surface area contributed by atoms with Gasteiger partial charge in [0, 0.05) is 31.7 Å². The molecule has 0 aromatic heterocycles. The van der Waals surface area contributed by atoms with Crippen LogP contribution in [0.2, 0.25) is 0 Å². The molecule has 1 atom stereocenters. The lowest BCUT2D eigenvalue weighted by Gasteiger charge is -2.35. The number of benzene rings is 2. The van der Waals surface area contributed by atoms with Crippen molar-refractivity contribution in [2.24, 2.45) is 0 Å². The maximum Gasteiger partial charge on any atom is 0.573 e. The molecule has 1 aliphatic rings. The number of halogens is 5. The van der Waals surface area contributed by atoms with Crippen LogP contribution in [0.5, 0.6) is 5.75 Å². The monoisotopic (exact) mass is 372 g/mol. The Morgan fingerprint density at radius 1 is 0.923 bits per heavy atom. The van der Waals surface area contributed by atoms with Crippen LogP contribution in [0.1, 0.15) is 17.2 Å². The van der Waals surface area contributed by atoms with Crippen LogP contribution in [0.3, 0.4) is 0 Å². The van der Waals surface area contributed by atoms with Crippen molar-refractivity contribution in [3.8, 4) is 5.75 Å². The molecule has 1 heterocycles. The molecule has 26 heavy (non-hydrogen) atoms. The van der Waals surface area contributed by atoms with Crippen LogP contribution in [0.4, 0.5) is 22.0 Å². The Hall–Kier alpha value is -2.19. The fourth-order valence-electron chi connectivity index (χ4n) is 3.12. The minimum atomic E-state index is -4.79. The van der Waals surface area contributed by atoms with Crippen molar-refractivity contribution in [1.29, 1.82) is 0 Å². The smallest absolute Gasteiger partial charge is 0.406 e. The molecule has 1 aliphatic heterocycles. The molecule has 0 aliphatic carbocycles. The summed E-state index contributed by atoms with van der Waals surface area (Å²) < 4.78 is 69.6. The molecule has 2 aromatic carbocycles. The molecule has 8 heteroatoms. The van der Waals surface area contributed by atoms with Gasteiger partial charge in [0.05, 0.1) is 6.04 Å². The molecule has 0 radical (unpaired) electrons. The van der Waals surface area contributed by atoms with E-state index in [0.717, 1.165) is 12.1 Å². The zero-order valence-electron chi connectivity index (χ0n) is 13.7. The van der Waals surface area contributed by atoms with E-state index in [2.05, 4.69) is 10.1 Å². The number of hydrogen-bond donors (Lipinski definition) is 1. The van der Waals surface area contributed by atoms with Gasteiger partial charge < -0.3 is 10.1 Å². The van der Waals surface area contributed by atoms with E-state index in [1.165, 1.54) is 30.3 Å². The van der Waals surface area contributed by atoms with Crippen LogP contribution in [-0.2, 0) is 0 Å². The van der Waals surface area contributed by atoms with Crippen molar-refractivity contribution in [2.75, 3.05) is 26.2 Å². The van der Waals surface area contributed by atoms with Gasteiger partial charge >= 0.3 is 6.36 Å². The van der Waals surface area contributed by atoms with Gasteiger partial charge in [0.1, 0.15) is 17.4 Å². The van der Waals surface area contributed by atoms with Crippen molar-refractivity contribution in [2.45, 2.75) is 12.4 Å². The van der Waals surface area contributed by atoms with E-state index in [9.17, 15) is 22.0 Å². The molecule has 3 nitrogen and oxygen atoms in total. The first-order valence-corrected chi connectivity index (χ1v) is 8.09. The molecule has 0 amide bonds. The minimum absolute atomic E-state index is 0.112. The summed E-state index contributed by atoms with van der Waals surface area (Å²) in [6, 6.07) is 8.00. The van der Waals surface area contributed by atoms with Crippen LogP contribution < -0.4 is 10.1 Å². The number of piperazine rings is 1. The zero-order valence-corrected chi connectivity index (χ0v) is 13.7. The highest BCUT2D eigenvalue weighted by molar-refractivity contribution is 5.37. The van der Waals surface area contributed by atoms with Gasteiger partial charge in [0.15, 0.2) is 0 Å². The highest BCUT2D eigenvalue weighted by atomic mass is 19.4. The lowest BCUT2D eigenvalue weighted by atomic mass is 9.95. The van der Waals surface area contributed by atoms with E-state index < -0.39 is 24.0 Å². The first-order valence-electron chi connectivity index (χ1n) is 8.09. The normalized spacial score (nSPS) is 17.1. The number of hydrogen-bond acceptors (Lipinski definition) is 3. The molecule has 0 bridgehead atoms. The summed E-state index contributed by atoms with van der Waals surface area (Å²) in [5, 5.41) is 3.16. The van der Waals surface area contributed by atoms with Gasteiger partial charge in [-0.3, -0.25) is 4.90 Å². The van der Waals surface area contributed by atoms with Crippen LogP contribution in [-0.4, -0.2) is 37.4 Å². The molecule has 140 valence electrons. The van der Waals surface area contributed by atoms with E-state index in [1.54, 1.807) is 0 Å². The lowest BCUT2D eigenvalue weighted by molar-refractivity contribution is -0.274. The summed E-state index contributed by atoms with van der Waals surface area (Å²) in [4.78, 5) is 1.90. The van der Waals surface area contributed by atoms with Crippen LogP contribution in [0, 0.1) is 11.6 Å². The maximum absolute atomic E-state index is 14.4. The quantitative estimate of drug-likeness (QED) is 0.825. The minimum Gasteiger partial charge on any atom is -0.406 e. The predicted octanol–water partition coefficient (Wildman–Crippen LogP) is 3.86. The highest BCUT2D eigenvalue weighted by Crippen LogP contribution is 2.34. The first-order chi connectivity index (χ1) is 12.3. The third kappa shape index (κ3) is 4.31. The molecule has 1 fully saturated rings. The third-order valence-electron chi connectivity index (χ3n) is 4.22.